The first-order valence-electron chi connectivity index (χ1n) is 16.2. The van der Waals surface area contributed by atoms with Gasteiger partial charge in [0.1, 0.15) is 23.8 Å². The lowest BCUT2D eigenvalue weighted by molar-refractivity contribution is 0.0903. The summed E-state index contributed by atoms with van der Waals surface area (Å²) in [5.74, 6) is 1.48. The zero-order valence-corrected chi connectivity index (χ0v) is 29.4. The number of hydrogen-bond donors (Lipinski definition) is 0. The highest BCUT2D eigenvalue weighted by Crippen LogP contribution is 2.34. The van der Waals surface area contributed by atoms with Crippen LogP contribution in [0.2, 0.25) is 0 Å². The van der Waals surface area contributed by atoms with Crippen LogP contribution >= 0.6 is 10.0 Å². The first-order valence-corrected chi connectivity index (χ1v) is 19.2. The van der Waals surface area contributed by atoms with Crippen LogP contribution in [0.5, 0.6) is 5.75 Å². The molecule has 0 radical (unpaired) electrons. The van der Waals surface area contributed by atoms with Crippen LogP contribution in [0.3, 0.4) is 0 Å². The molecule has 11 nitrogen and oxygen atoms in total. The van der Waals surface area contributed by atoms with E-state index >= 15 is 4.39 Å². The molecule has 0 atom stereocenters. The Morgan fingerprint density at radius 3 is 2.38 bits per heavy atom. The number of piperazine rings is 1. The second kappa shape index (κ2) is 14.2. The normalized spacial score (nSPS) is 14.7. The molecule has 0 unspecified atom stereocenters. The van der Waals surface area contributed by atoms with Gasteiger partial charge in [0, 0.05) is 44.0 Å². The first-order chi connectivity index (χ1) is 23.0. The Bertz CT molecular complexity index is 1870. The van der Waals surface area contributed by atoms with E-state index in [1.165, 1.54) is 0 Å². The van der Waals surface area contributed by atoms with E-state index in [1.54, 1.807) is 17.7 Å². The zero-order valence-electron chi connectivity index (χ0n) is 28.6. The number of rotatable bonds is 13. The highest BCUT2D eigenvalue weighted by Gasteiger charge is 2.26. The fraction of sp³-hybridized carbons (Fsp3) is 0.471. The predicted octanol–water partition coefficient (Wildman–Crippen LogP) is 4.95. The molecule has 0 bridgehead atoms. The van der Waals surface area contributed by atoms with Crippen molar-refractivity contribution in [2.24, 2.45) is 0 Å². The van der Waals surface area contributed by atoms with Crippen molar-refractivity contribution in [2.75, 3.05) is 81.3 Å². The quantitative estimate of drug-likeness (QED) is 0.160. The maximum atomic E-state index is 15.2. The van der Waals surface area contributed by atoms with Gasteiger partial charge in [0.15, 0.2) is 17.3 Å². The molecular formula is C34H45F2N9O2S. The minimum atomic E-state index is -0.977. The van der Waals surface area contributed by atoms with E-state index in [-0.39, 0.29) is 18.8 Å². The topological polar surface area (TPSA) is 89.1 Å². The molecule has 258 valence electrons. The van der Waals surface area contributed by atoms with E-state index < -0.39 is 21.7 Å². The van der Waals surface area contributed by atoms with Gasteiger partial charge in [-0.1, -0.05) is 19.1 Å². The number of imidazole rings is 1. The van der Waals surface area contributed by atoms with E-state index in [4.69, 9.17) is 24.5 Å². The standard InChI is InChI=1S/C34H45F2N9O2S/c1-7-25-20-37-45-32(25)39-33(42-16-14-41(2)15-17-42)40-34(45)43(21-24-8-10-26(46-3)11-9-24)22-29-38-31-28(13-12-27(35)30(31)36)44(29)23-47-18-19-48(4,5)6/h8-13,20H,7,14-19,21-23H2,1-6H3. The molecule has 0 amide bonds. The molecule has 14 heteroatoms. The fourth-order valence-electron chi connectivity index (χ4n) is 5.73. The number of methoxy groups -OCH3 is 1. The minimum absolute atomic E-state index is 0.0298. The Morgan fingerprint density at radius 1 is 0.938 bits per heavy atom. The SMILES string of the molecule is CCc1cnn2c(N(Cc3ccc(OC)cc3)Cc3nc4c(F)c(F)ccc4n3COCCS(C)(C)C)nc(N3CCN(C)CC3)nc12. The number of likely N-dealkylation sites (N-methyl/N-ethyl adjacent to an activating group) is 1. The van der Waals surface area contributed by atoms with Crippen molar-refractivity contribution in [3.63, 3.8) is 0 Å². The van der Waals surface area contributed by atoms with Crippen LogP contribution < -0.4 is 14.5 Å². The third-order valence-corrected chi connectivity index (χ3v) is 10.1. The molecule has 1 aliphatic heterocycles. The summed E-state index contributed by atoms with van der Waals surface area (Å²) in [7, 11) is 2.98. The highest BCUT2D eigenvalue weighted by atomic mass is 32.3. The Kier molecular flexibility index (Phi) is 10.0. The summed E-state index contributed by atoms with van der Waals surface area (Å²) in [6.07, 6.45) is 9.31. The van der Waals surface area contributed by atoms with E-state index in [0.717, 1.165) is 66.9 Å². The summed E-state index contributed by atoms with van der Waals surface area (Å²) in [5.41, 5.74) is 3.19. The molecule has 0 saturated carbocycles. The summed E-state index contributed by atoms with van der Waals surface area (Å²) in [6, 6.07) is 10.5. The molecule has 48 heavy (non-hydrogen) atoms. The van der Waals surface area contributed by atoms with Crippen molar-refractivity contribution in [3.8, 4) is 5.75 Å². The van der Waals surface area contributed by atoms with Crippen LogP contribution in [-0.2, 0) is 31.0 Å². The van der Waals surface area contributed by atoms with Gasteiger partial charge in [-0.15, -0.1) is 0 Å². The first kappa shape index (κ1) is 33.9. The summed E-state index contributed by atoms with van der Waals surface area (Å²) >= 11 is 0. The highest BCUT2D eigenvalue weighted by molar-refractivity contribution is 8.32. The Morgan fingerprint density at radius 2 is 1.69 bits per heavy atom. The number of fused-ring (bicyclic) bond motifs is 2. The molecule has 0 N–H and O–H groups in total. The van der Waals surface area contributed by atoms with Gasteiger partial charge in [-0.3, -0.25) is 0 Å². The molecular weight excluding hydrogens is 636 g/mol. The number of benzene rings is 2. The minimum Gasteiger partial charge on any atom is -0.497 e. The van der Waals surface area contributed by atoms with Crippen LogP contribution in [0, 0.1) is 11.6 Å². The largest absolute Gasteiger partial charge is 0.497 e. The molecule has 0 spiro atoms. The van der Waals surface area contributed by atoms with Crippen molar-refractivity contribution >= 4 is 38.6 Å². The molecule has 5 aromatic rings. The fourth-order valence-corrected chi connectivity index (χ4v) is 6.35. The molecule has 4 heterocycles. The van der Waals surface area contributed by atoms with Gasteiger partial charge in [-0.25, -0.2) is 23.8 Å². The lowest BCUT2D eigenvalue weighted by Gasteiger charge is -2.33. The summed E-state index contributed by atoms with van der Waals surface area (Å²) in [6.45, 7) is 6.83. The van der Waals surface area contributed by atoms with Gasteiger partial charge in [0.25, 0.3) is 0 Å². The summed E-state index contributed by atoms with van der Waals surface area (Å²) in [4.78, 5) is 21.4. The Labute approximate surface area is 281 Å². The number of halogens is 2. The summed E-state index contributed by atoms with van der Waals surface area (Å²) < 4.78 is 44.8. The van der Waals surface area contributed by atoms with Crippen LogP contribution in [-0.4, -0.2) is 105 Å². The Hall–Kier alpha value is -4.01. The van der Waals surface area contributed by atoms with Crippen molar-refractivity contribution in [1.29, 1.82) is 0 Å². The van der Waals surface area contributed by atoms with Gasteiger partial charge in [-0.05, 0) is 62.1 Å². The number of aromatic nitrogens is 6. The van der Waals surface area contributed by atoms with E-state index in [0.29, 0.717) is 36.4 Å². The number of anilines is 2. The Balaban J connectivity index is 1.46. The van der Waals surface area contributed by atoms with E-state index in [1.807, 2.05) is 35.0 Å². The van der Waals surface area contributed by atoms with Crippen LogP contribution in [0.25, 0.3) is 16.7 Å². The zero-order chi connectivity index (χ0) is 34.0. The second-order valence-corrected chi connectivity index (χ2v) is 17.7. The van der Waals surface area contributed by atoms with Gasteiger partial charge >= 0.3 is 0 Å². The molecule has 0 aliphatic carbocycles. The molecule has 3 aromatic heterocycles. The number of aryl methyl sites for hydroxylation is 1. The van der Waals surface area contributed by atoms with Gasteiger partial charge in [0.05, 0.1) is 32.0 Å². The molecule has 1 aliphatic rings. The maximum absolute atomic E-state index is 15.2. The van der Waals surface area contributed by atoms with Gasteiger partial charge in [0.2, 0.25) is 11.9 Å². The van der Waals surface area contributed by atoms with Crippen molar-refractivity contribution < 1.29 is 18.3 Å². The average molecular weight is 682 g/mol. The smallest absolute Gasteiger partial charge is 0.232 e. The number of ether oxygens (including phenoxy) is 2. The third kappa shape index (κ3) is 7.35. The average Bonchev–Trinajstić information content (AvgIpc) is 3.65. The van der Waals surface area contributed by atoms with E-state index in [9.17, 15) is 4.39 Å². The number of hydrogen-bond acceptors (Lipinski definition) is 9. The monoisotopic (exact) mass is 681 g/mol. The lowest BCUT2D eigenvalue weighted by atomic mass is 10.2. The predicted molar refractivity (Wildman–Crippen MR) is 189 cm³/mol. The molecule has 1 fully saturated rings. The van der Waals surface area contributed by atoms with Crippen LogP contribution in [0.4, 0.5) is 20.7 Å². The maximum Gasteiger partial charge on any atom is 0.232 e. The van der Waals surface area contributed by atoms with Crippen LogP contribution in [0.1, 0.15) is 23.9 Å². The van der Waals surface area contributed by atoms with E-state index in [2.05, 4.69) is 52.4 Å². The second-order valence-electron chi connectivity index (χ2n) is 13.1. The molecule has 6 rings (SSSR count). The molecule has 1 saturated heterocycles. The van der Waals surface area contributed by atoms with Crippen molar-refractivity contribution in [1.82, 2.24) is 34.0 Å². The van der Waals surface area contributed by atoms with Crippen molar-refractivity contribution in [3.05, 3.63) is 71.2 Å². The van der Waals surface area contributed by atoms with Crippen LogP contribution in [0.15, 0.2) is 42.6 Å². The van der Waals surface area contributed by atoms with Crippen molar-refractivity contribution in [2.45, 2.75) is 33.2 Å². The van der Waals surface area contributed by atoms with Gasteiger partial charge in [-0.2, -0.15) is 19.6 Å². The third-order valence-electron chi connectivity index (χ3n) is 8.68. The lowest BCUT2D eigenvalue weighted by Crippen LogP contribution is -2.45. The molecule has 2 aromatic carbocycles. The number of nitrogens with zero attached hydrogens (tertiary/aromatic N) is 9. The summed E-state index contributed by atoms with van der Waals surface area (Å²) in [5, 5.41) is 4.74. The van der Waals surface area contributed by atoms with Gasteiger partial charge < -0.3 is 28.7 Å².